The summed E-state index contributed by atoms with van der Waals surface area (Å²) in [4.78, 5) is 0. The first-order valence-electron chi connectivity index (χ1n) is 12.4. The summed E-state index contributed by atoms with van der Waals surface area (Å²) in [5.41, 5.74) is 6.64. The maximum Gasteiger partial charge on any atom is 0.122 e. The molecule has 33 heavy (non-hydrogen) atoms. The SMILES string of the molecule is CC(C)(c1ccc(CCC2CO2)c(CC2CO2)c1)c1ccc(OCC2CO2)c(CC2CO2)c1. The molecule has 2 aromatic rings. The Morgan fingerprint density at radius 2 is 1.30 bits per heavy atom. The first kappa shape index (κ1) is 21.6. The molecule has 4 heterocycles. The standard InChI is InChI=1S/C28H34O5/c1-28(2,21-5-3-18(4-7-23-13-29-23)19(9-21)11-24-14-30-24)22-6-8-27(33-17-26-16-32-26)20(10-22)12-25-15-31-25/h3,5-6,8-10,23-26H,4,7,11-17H2,1-2H3. The Bertz CT molecular complexity index is 920. The Labute approximate surface area is 196 Å². The molecule has 0 N–H and O–H groups in total. The number of benzene rings is 2. The van der Waals surface area contributed by atoms with Crippen LogP contribution < -0.4 is 4.74 Å². The molecule has 0 aliphatic carbocycles. The quantitative estimate of drug-likeness (QED) is 0.458. The van der Waals surface area contributed by atoms with E-state index in [-0.39, 0.29) is 11.5 Å². The maximum atomic E-state index is 6.10. The van der Waals surface area contributed by atoms with Gasteiger partial charge in [0.1, 0.15) is 18.5 Å². The van der Waals surface area contributed by atoms with Crippen LogP contribution in [0.4, 0.5) is 0 Å². The van der Waals surface area contributed by atoms with Gasteiger partial charge in [-0.05, 0) is 46.7 Å². The molecule has 4 aliphatic heterocycles. The van der Waals surface area contributed by atoms with Crippen LogP contribution in [-0.4, -0.2) is 57.5 Å². The molecule has 4 saturated heterocycles. The van der Waals surface area contributed by atoms with Gasteiger partial charge in [0.05, 0.1) is 44.7 Å². The van der Waals surface area contributed by atoms with Gasteiger partial charge < -0.3 is 23.7 Å². The van der Waals surface area contributed by atoms with Gasteiger partial charge in [0.2, 0.25) is 0 Å². The number of rotatable bonds is 12. The van der Waals surface area contributed by atoms with Crippen LogP contribution in [-0.2, 0) is 43.6 Å². The van der Waals surface area contributed by atoms with Crippen molar-refractivity contribution >= 4 is 0 Å². The molecule has 4 fully saturated rings. The zero-order chi connectivity index (χ0) is 22.4. The van der Waals surface area contributed by atoms with Crippen LogP contribution in [0.5, 0.6) is 5.75 Å². The fourth-order valence-corrected chi connectivity index (χ4v) is 4.64. The van der Waals surface area contributed by atoms with E-state index < -0.39 is 0 Å². The molecule has 4 aliphatic rings. The van der Waals surface area contributed by atoms with Crippen molar-refractivity contribution in [3.05, 3.63) is 64.2 Å². The Balaban J connectivity index is 1.26. The molecule has 0 bridgehead atoms. The van der Waals surface area contributed by atoms with Crippen molar-refractivity contribution in [1.29, 1.82) is 0 Å². The lowest BCUT2D eigenvalue weighted by molar-refractivity contribution is 0.260. The zero-order valence-corrected chi connectivity index (χ0v) is 19.7. The van der Waals surface area contributed by atoms with Gasteiger partial charge in [-0.3, -0.25) is 0 Å². The van der Waals surface area contributed by atoms with E-state index in [4.69, 9.17) is 23.7 Å². The smallest absolute Gasteiger partial charge is 0.122 e. The average molecular weight is 451 g/mol. The minimum Gasteiger partial charge on any atom is -0.491 e. The topological polar surface area (TPSA) is 59.4 Å². The molecule has 0 aromatic heterocycles. The number of epoxide rings is 4. The second kappa shape index (κ2) is 8.70. The summed E-state index contributed by atoms with van der Waals surface area (Å²) in [5, 5.41) is 0. The Morgan fingerprint density at radius 3 is 1.94 bits per heavy atom. The Hall–Kier alpha value is -1.92. The summed E-state index contributed by atoms with van der Waals surface area (Å²) in [6.45, 7) is 8.74. The average Bonchev–Trinajstić information content (AvgIpc) is 3.61. The molecular formula is C28H34O5. The fourth-order valence-electron chi connectivity index (χ4n) is 4.64. The van der Waals surface area contributed by atoms with Gasteiger partial charge in [0, 0.05) is 18.3 Å². The van der Waals surface area contributed by atoms with E-state index in [0.29, 0.717) is 24.9 Å². The van der Waals surface area contributed by atoms with Gasteiger partial charge in [0.25, 0.3) is 0 Å². The van der Waals surface area contributed by atoms with Crippen LogP contribution in [0.3, 0.4) is 0 Å². The lowest BCUT2D eigenvalue weighted by atomic mass is 9.76. The molecule has 176 valence electrons. The van der Waals surface area contributed by atoms with Crippen molar-refractivity contribution in [3.63, 3.8) is 0 Å². The van der Waals surface area contributed by atoms with Crippen molar-refractivity contribution in [3.8, 4) is 5.75 Å². The van der Waals surface area contributed by atoms with Gasteiger partial charge in [0.15, 0.2) is 0 Å². The summed E-state index contributed by atoms with van der Waals surface area (Å²) in [7, 11) is 0. The first-order valence-corrected chi connectivity index (χ1v) is 12.4. The predicted molar refractivity (Wildman–Crippen MR) is 125 cm³/mol. The molecule has 5 nitrogen and oxygen atoms in total. The molecule has 0 spiro atoms. The van der Waals surface area contributed by atoms with Crippen molar-refractivity contribution in [2.45, 2.75) is 69.4 Å². The molecule has 2 aromatic carbocycles. The molecule has 0 saturated carbocycles. The predicted octanol–water partition coefficient (Wildman–Crippen LogP) is 4.00. The molecule has 5 heteroatoms. The van der Waals surface area contributed by atoms with E-state index in [1.54, 1.807) is 0 Å². The number of hydrogen-bond acceptors (Lipinski definition) is 5. The van der Waals surface area contributed by atoms with E-state index in [2.05, 4.69) is 50.2 Å². The maximum absolute atomic E-state index is 6.10. The van der Waals surface area contributed by atoms with Crippen LogP contribution in [0, 0.1) is 0 Å². The van der Waals surface area contributed by atoms with E-state index in [9.17, 15) is 0 Å². The summed E-state index contributed by atoms with van der Waals surface area (Å²) < 4.78 is 28.0. The second-order valence-electron chi connectivity index (χ2n) is 10.5. The highest BCUT2D eigenvalue weighted by Gasteiger charge is 2.31. The van der Waals surface area contributed by atoms with Crippen molar-refractivity contribution in [2.24, 2.45) is 0 Å². The van der Waals surface area contributed by atoms with Crippen LogP contribution in [0.2, 0.25) is 0 Å². The second-order valence-corrected chi connectivity index (χ2v) is 10.5. The molecule has 4 atom stereocenters. The van der Waals surface area contributed by atoms with Crippen molar-refractivity contribution < 1.29 is 23.7 Å². The van der Waals surface area contributed by atoms with Crippen LogP contribution in [0.25, 0.3) is 0 Å². The number of aryl methyl sites for hydroxylation is 1. The number of hydrogen-bond donors (Lipinski definition) is 0. The first-order chi connectivity index (χ1) is 16.0. The van der Waals surface area contributed by atoms with Crippen molar-refractivity contribution in [2.75, 3.05) is 33.0 Å². The van der Waals surface area contributed by atoms with E-state index in [0.717, 1.165) is 57.9 Å². The Morgan fingerprint density at radius 1 is 0.727 bits per heavy atom. The lowest BCUT2D eigenvalue weighted by Gasteiger charge is -2.28. The third-order valence-corrected chi connectivity index (χ3v) is 7.38. The monoisotopic (exact) mass is 450 g/mol. The third-order valence-electron chi connectivity index (χ3n) is 7.38. The highest BCUT2D eigenvalue weighted by Crippen LogP contribution is 2.37. The van der Waals surface area contributed by atoms with Crippen LogP contribution in [0.1, 0.15) is 48.1 Å². The minimum atomic E-state index is -0.116. The molecule has 6 rings (SSSR count). The largest absolute Gasteiger partial charge is 0.491 e. The van der Waals surface area contributed by atoms with Crippen molar-refractivity contribution in [1.82, 2.24) is 0 Å². The lowest BCUT2D eigenvalue weighted by Crippen LogP contribution is -2.20. The van der Waals surface area contributed by atoms with Gasteiger partial charge in [-0.15, -0.1) is 0 Å². The highest BCUT2D eigenvalue weighted by molar-refractivity contribution is 5.47. The highest BCUT2D eigenvalue weighted by atomic mass is 16.6. The normalized spacial score (nSPS) is 27.3. The molecule has 0 amide bonds. The molecule has 0 radical (unpaired) electrons. The summed E-state index contributed by atoms with van der Waals surface area (Å²) in [6, 6.07) is 13.8. The van der Waals surface area contributed by atoms with Gasteiger partial charge in [-0.1, -0.05) is 44.2 Å². The summed E-state index contributed by atoms with van der Waals surface area (Å²) in [6.07, 6.45) is 5.52. The minimum absolute atomic E-state index is 0.116. The van der Waals surface area contributed by atoms with Gasteiger partial charge >= 0.3 is 0 Å². The number of ether oxygens (including phenoxy) is 5. The van der Waals surface area contributed by atoms with Gasteiger partial charge in [-0.2, -0.15) is 0 Å². The summed E-state index contributed by atoms with van der Waals surface area (Å²) in [5.74, 6) is 0.963. The van der Waals surface area contributed by atoms with Gasteiger partial charge in [-0.25, -0.2) is 0 Å². The third kappa shape index (κ3) is 5.43. The van der Waals surface area contributed by atoms with Crippen LogP contribution in [0.15, 0.2) is 36.4 Å². The van der Waals surface area contributed by atoms with Crippen LogP contribution >= 0.6 is 0 Å². The molecular weight excluding hydrogens is 416 g/mol. The van der Waals surface area contributed by atoms with E-state index >= 15 is 0 Å². The summed E-state index contributed by atoms with van der Waals surface area (Å²) >= 11 is 0. The fraction of sp³-hybridized carbons (Fsp3) is 0.571. The van der Waals surface area contributed by atoms with E-state index in [1.165, 1.54) is 27.8 Å². The molecule has 4 unspecified atom stereocenters. The zero-order valence-electron chi connectivity index (χ0n) is 19.7. The van der Waals surface area contributed by atoms with E-state index in [1.807, 2.05) is 0 Å². The Kier molecular flexibility index (Phi) is 5.69.